The number of nitrogens with zero attached hydrogens (tertiary/aromatic N) is 3. The Hall–Kier alpha value is -2.26. The molecule has 1 fully saturated rings. The molecule has 2 heterocycles. The van der Waals surface area contributed by atoms with Gasteiger partial charge in [-0.3, -0.25) is 4.79 Å². The van der Waals surface area contributed by atoms with Crippen molar-refractivity contribution in [1.29, 1.82) is 0 Å². The molecule has 0 aliphatic carbocycles. The van der Waals surface area contributed by atoms with Crippen molar-refractivity contribution in [3.8, 4) is 11.5 Å². The molecule has 28 heavy (non-hydrogen) atoms. The maximum Gasteiger partial charge on any atom is 0.333 e. The minimum atomic E-state index is -0.438. The maximum atomic E-state index is 12.1. The van der Waals surface area contributed by atoms with Crippen LogP contribution in [0, 0.1) is 13.8 Å². The van der Waals surface area contributed by atoms with E-state index in [0.717, 1.165) is 16.7 Å². The quantitative estimate of drug-likeness (QED) is 0.383. The second-order valence-electron chi connectivity index (χ2n) is 6.17. The lowest BCUT2D eigenvalue weighted by atomic mass is 10.1. The number of carbonyl (C=O) groups is 2. The van der Waals surface area contributed by atoms with Crippen LogP contribution in [0.5, 0.6) is 0 Å². The lowest BCUT2D eigenvalue weighted by Crippen LogP contribution is -2.27. The van der Waals surface area contributed by atoms with E-state index in [4.69, 9.17) is 9.15 Å². The van der Waals surface area contributed by atoms with Crippen molar-refractivity contribution >= 4 is 35.4 Å². The molecule has 1 aliphatic heterocycles. The molecule has 1 amide bonds. The van der Waals surface area contributed by atoms with Gasteiger partial charge >= 0.3 is 5.97 Å². The summed E-state index contributed by atoms with van der Waals surface area (Å²) in [5.74, 6) is 0.911. The predicted octanol–water partition coefficient (Wildman–Crippen LogP) is 3.43. The number of hydrogen-bond acceptors (Lipinski definition) is 8. The second kappa shape index (κ2) is 9.29. The lowest BCUT2D eigenvalue weighted by molar-refractivity contribution is -0.137. The highest BCUT2D eigenvalue weighted by Gasteiger charge is 2.27. The smallest absolute Gasteiger partial charge is 0.333 e. The van der Waals surface area contributed by atoms with Crippen LogP contribution in [0.4, 0.5) is 0 Å². The molecule has 0 spiro atoms. The number of benzene rings is 1. The van der Waals surface area contributed by atoms with Crippen LogP contribution in [0.1, 0.15) is 18.1 Å². The van der Waals surface area contributed by atoms with Gasteiger partial charge in [-0.2, -0.15) is 0 Å². The number of rotatable bonds is 7. The molecule has 1 saturated heterocycles. The van der Waals surface area contributed by atoms with E-state index in [2.05, 4.69) is 16.3 Å². The first-order valence-corrected chi connectivity index (χ1v) is 10.8. The third-order valence-corrected chi connectivity index (χ3v) is 5.68. The van der Waals surface area contributed by atoms with Crippen LogP contribution >= 0.6 is 23.5 Å². The zero-order valence-electron chi connectivity index (χ0n) is 15.9. The van der Waals surface area contributed by atoms with Gasteiger partial charge in [0.2, 0.25) is 11.8 Å². The largest absolute Gasteiger partial charge is 0.463 e. The molecule has 9 heteroatoms. The number of thioether (sulfide) groups is 2. The van der Waals surface area contributed by atoms with Gasteiger partial charge in [-0.1, -0.05) is 40.7 Å². The Balaban J connectivity index is 1.59. The first kappa shape index (κ1) is 20.5. The molecule has 0 saturated carbocycles. The topological polar surface area (TPSA) is 85.5 Å². The van der Waals surface area contributed by atoms with Gasteiger partial charge in [0.25, 0.3) is 5.22 Å². The summed E-state index contributed by atoms with van der Waals surface area (Å²) in [5, 5.41) is 9.25. The van der Waals surface area contributed by atoms with E-state index in [-0.39, 0.29) is 5.91 Å². The van der Waals surface area contributed by atoms with Gasteiger partial charge in [0, 0.05) is 17.9 Å². The zero-order valence-corrected chi connectivity index (χ0v) is 17.6. The molecule has 0 bridgehead atoms. The molecule has 0 atom stereocenters. The van der Waals surface area contributed by atoms with Crippen LogP contribution in [0.15, 0.2) is 38.9 Å². The van der Waals surface area contributed by atoms with Crippen LogP contribution in [0.3, 0.4) is 0 Å². The Kier molecular flexibility index (Phi) is 6.79. The van der Waals surface area contributed by atoms with E-state index in [9.17, 15) is 9.59 Å². The number of amides is 1. The molecule has 2 aromatic rings. The maximum absolute atomic E-state index is 12.1. The summed E-state index contributed by atoms with van der Waals surface area (Å²) >= 11 is 2.72. The van der Waals surface area contributed by atoms with Crippen LogP contribution in [0.2, 0.25) is 0 Å². The minimum absolute atomic E-state index is 0.0254. The number of ether oxygens (including phenoxy) is 1. The monoisotopic (exact) mass is 419 g/mol. The minimum Gasteiger partial charge on any atom is -0.463 e. The van der Waals surface area contributed by atoms with Crippen molar-refractivity contribution in [2.75, 3.05) is 24.7 Å². The molecule has 0 N–H and O–H groups in total. The average Bonchev–Trinajstić information content (AvgIpc) is 3.23. The van der Waals surface area contributed by atoms with Crippen molar-refractivity contribution in [1.82, 2.24) is 15.1 Å². The third-order valence-electron chi connectivity index (χ3n) is 3.85. The standard InChI is InChI=1S/C19H21N3O4S2/c1-4-25-17(24)10-16-22(15(23)11-28-16)5-6-27-19-21-20-18(26-19)14-8-12(2)7-13(3)9-14/h7-10H,4-6,11H2,1-3H3/b16-10-. The first-order chi connectivity index (χ1) is 13.5. The molecule has 3 rings (SSSR count). The normalized spacial score (nSPS) is 15.5. The van der Waals surface area contributed by atoms with Gasteiger partial charge in [-0.25, -0.2) is 4.79 Å². The fourth-order valence-electron chi connectivity index (χ4n) is 2.76. The number of aryl methyl sites for hydroxylation is 2. The van der Waals surface area contributed by atoms with Crippen molar-refractivity contribution in [2.45, 2.75) is 26.0 Å². The van der Waals surface area contributed by atoms with Gasteiger partial charge < -0.3 is 14.1 Å². The lowest BCUT2D eigenvalue weighted by Gasteiger charge is -2.15. The Morgan fingerprint density at radius 2 is 2.07 bits per heavy atom. The van der Waals surface area contributed by atoms with Gasteiger partial charge in [0.15, 0.2) is 0 Å². The van der Waals surface area contributed by atoms with Crippen molar-refractivity contribution in [3.05, 3.63) is 40.4 Å². The van der Waals surface area contributed by atoms with Gasteiger partial charge in [-0.15, -0.1) is 10.2 Å². The fourth-order valence-corrected chi connectivity index (χ4v) is 4.40. The average molecular weight is 420 g/mol. The van der Waals surface area contributed by atoms with Crippen molar-refractivity contribution < 1.29 is 18.7 Å². The van der Waals surface area contributed by atoms with E-state index >= 15 is 0 Å². The summed E-state index contributed by atoms with van der Waals surface area (Å²) in [6.45, 7) is 6.54. The van der Waals surface area contributed by atoms with E-state index in [1.165, 1.54) is 29.6 Å². The highest BCUT2D eigenvalue weighted by molar-refractivity contribution is 8.04. The number of hydrogen-bond donors (Lipinski definition) is 0. The Bertz CT molecular complexity index is 890. The summed E-state index contributed by atoms with van der Waals surface area (Å²) in [5.41, 5.74) is 3.16. The van der Waals surface area contributed by atoms with Crippen molar-refractivity contribution in [3.63, 3.8) is 0 Å². The van der Waals surface area contributed by atoms with E-state index < -0.39 is 5.97 Å². The molecule has 7 nitrogen and oxygen atoms in total. The van der Waals surface area contributed by atoms with Gasteiger partial charge in [-0.05, 0) is 32.9 Å². The van der Waals surface area contributed by atoms with Crippen LogP contribution in [0.25, 0.3) is 11.5 Å². The zero-order chi connectivity index (χ0) is 20.1. The summed E-state index contributed by atoms with van der Waals surface area (Å²) in [4.78, 5) is 25.3. The van der Waals surface area contributed by atoms with E-state index in [1.54, 1.807) is 11.8 Å². The molecule has 0 unspecified atom stereocenters. The Labute approximate surface area is 171 Å². The summed E-state index contributed by atoms with van der Waals surface area (Å²) < 4.78 is 10.7. The molecular weight excluding hydrogens is 398 g/mol. The van der Waals surface area contributed by atoms with Gasteiger partial charge in [0.05, 0.1) is 23.5 Å². The molecule has 1 aromatic carbocycles. The molecule has 0 radical (unpaired) electrons. The predicted molar refractivity (Wildman–Crippen MR) is 109 cm³/mol. The summed E-state index contributed by atoms with van der Waals surface area (Å²) in [6.07, 6.45) is 1.37. The Morgan fingerprint density at radius 3 is 2.79 bits per heavy atom. The summed E-state index contributed by atoms with van der Waals surface area (Å²) in [7, 11) is 0. The van der Waals surface area contributed by atoms with Crippen molar-refractivity contribution in [2.24, 2.45) is 0 Å². The number of carbonyl (C=O) groups excluding carboxylic acids is 2. The number of esters is 1. The molecule has 148 valence electrons. The van der Waals surface area contributed by atoms with Crippen LogP contribution in [-0.4, -0.2) is 51.6 Å². The van der Waals surface area contributed by atoms with E-state index in [1.807, 2.05) is 26.0 Å². The molecular formula is C19H21N3O4S2. The number of aromatic nitrogens is 2. The van der Waals surface area contributed by atoms with Gasteiger partial charge in [0.1, 0.15) is 0 Å². The first-order valence-electron chi connectivity index (χ1n) is 8.83. The summed E-state index contributed by atoms with van der Waals surface area (Å²) in [6, 6.07) is 6.09. The van der Waals surface area contributed by atoms with Crippen LogP contribution in [-0.2, 0) is 14.3 Å². The highest BCUT2D eigenvalue weighted by Crippen LogP contribution is 2.30. The molecule has 1 aliphatic rings. The second-order valence-corrected chi connectivity index (χ2v) is 8.21. The molecule has 1 aromatic heterocycles. The third kappa shape index (κ3) is 5.17. The highest BCUT2D eigenvalue weighted by atomic mass is 32.2. The SMILES string of the molecule is CCOC(=O)/C=C1\SCC(=O)N1CCSc1nnc(-c2cc(C)cc(C)c2)o1. The van der Waals surface area contributed by atoms with E-state index in [0.29, 0.717) is 40.8 Å². The fraction of sp³-hybridized carbons (Fsp3) is 0.368. The Morgan fingerprint density at radius 1 is 1.32 bits per heavy atom. The van der Waals surface area contributed by atoms with Crippen LogP contribution < -0.4 is 0 Å².